The molecule has 3 saturated carbocycles. The maximum Gasteiger partial charge on any atom is 0.356 e. The molecule has 0 amide bonds. The lowest BCUT2D eigenvalue weighted by molar-refractivity contribution is -0.256. The molecule has 3 fully saturated rings. The highest BCUT2D eigenvalue weighted by Gasteiger charge is 2.38. The number of halogens is 2. The molecule has 0 aromatic heterocycles. The minimum Gasteiger partial charge on any atom is -0.320 e. The minimum absolute atomic E-state index is 0.0623. The molecule has 0 atom stereocenters. The molecule has 3 rings (SSSR count). The fourth-order valence-electron chi connectivity index (χ4n) is 6.16. The van der Waals surface area contributed by atoms with Crippen molar-refractivity contribution in [2.24, 2.45) is 35.5 Å². The van der Waals surface area contributed by atoms with E-state index in [2.05, 4.69) is 19.6 Å². The van der Waals surface area contributed by atoms with E-state index in [0.717, 1.165) is 56.3 Å². The Morgan fingerprint density at radius 1 is 0.786 bits per heavy atom. The Morgan fingerprint density at radius 2 is 1.29 bits per heavy atom. The second-order valence-corrected chi connectivity index (χ2v) is 10.1. The van der Waals surface area contributed by atoms with Gasteiger partial charge in [0.2, 0.25) is 0 Å². The largest absolute Gasteiger partial charge is 0.356 e. The summed E-state index contributed by atoms with van der Waals surface area (Å²) in [6.07, 6.45) is 14.2. The molecule has 0 unspecified atom stereocenters. The zero-order valence-corrected chi connectivity index (χ0v) is 18.0. The first-order valence-electron chi connectivity index (χ1n) is 12.1. The van der Waals surface area contributed by atoms with Crippen molar-refractivity contribution < 1.29 is 13.5 Å². The molecular formula is C25H42F2O. The average Bonchev–Trinajstić information content (AvgIpc) is 2.73. The smallest absolute Gasteiger partial charge is 0.320 e. The number of ether oxygens (including phenoxy) is 1. The average molecular weight is 397 g/mol. The molecule has 0 saturated heterocycles. The van der Waals surface area contributed by atoms with E-state index in [1.54, 1.807) is 0 Å². The van der Waals surface area contributed by atoms with Gasteiger partial charge in [0, 0.05) is 6.42 Å². The quantitative estimate of drug-likeness (QED) is 0.378. The fourth-order valence-corrected chi connectivity index (χ4v) is 6.16. The molecule has 28 heavy (non-hydrogen) atoms. The van der Waals surface area contributed by atoms with Crippen molar-refractivity contribution in [1.82, 2.24) is 0 Å². The molecule has 3 heteroatoms. The van der Waals surface area contributed by atoms with Gasteiger partial charge in [0.1, 0.15) is 0 Å². The molecule has 0 heterocycles. The van der Waals surface area contributed by atoms with Gasteiger partial charge >= 0.3 is 6.11 Å². The number of rotatable bonds is 8. The van der Waals surface area contributed by atoms with E-state index >= 15 is 0 Å². The molecular weight excluding hydrogens is 354 g/mol. The van der Waals surface area contributed by atoms with E-state index in [9.17, 15) is 8.78 Å². The third-order valence-corrected chi connectivity index (χ3v) is 8.31. The molecule has 162 valence electrons. The van der Waals surface area contributed by atoms with Crippen molar-refractivity contribution >= 4 is 0 Å². The van der Waals surface area contributed by atoms with Crippen LogP contribution in [0.1, 0.15) is 96.8 Å². The van der Waals surface area contributed by atoms with Gasteiger partial charge < -0.3 is 4.74 Å². The summed E-state index contributed by atoms with van der Waals surface area (Å²) in [4.78, 5) is 0. The molecule has 0 N–H and O–H groups in total. The standard InChI is InChI=1S/C25H42F2O/c1-3-19-5-7-22(8-6-19)18-28-25(26,27)17-21-11-15-24(16-12-21)23-13-9-20(4-2)10-14-23/h4,19-24H,2-3,5-18H2,1H3. The van der Waals surface area contributed by atoms with Gasteiger partial charge in [-0.2, -0.15) is 8.78 Å². The summed E-state index contributed by atoms with van der Waals surface area (Å²) in [6.45, 7) is 6.42. The Bertz CT molecular complexity index is 453. The summed E-state index contributed by atoms with van der Waals surface area (Å²) in [7, 11) is 0. The van der Waals surface area contributed by atoms with E-state index in [1.807, 2.05) is 0 Å². The van der Waals surface area contributed by atoms with Crippen molar-refractivity contribution in [2.75, 3.05) is 6.61 Å². The van der Waals surface area contributed by atoms with Crippen molar-refractivity contribution in [3.8, 4) is 0 Å². The van der Waals surface area contributed by atoms with Gasteiger partial charge in [-0.25, -0.2) is 0 Å². The van der Waals surface area contributed by atoms with E-state index < -0.39 is 6.11 Å². The van der Waals surface area contributed by atoms with Crippen LogP contribution in [0.25, 0.3) is 0 Å². The van der Waals surface area contributed by atoms with E-state index in [0.29, 0.717) is 11.8 Å². The van der Waals surface area contributed by atoms with Gasteiger partial charge in [0.25, 0.3) is 0 Å². The van der Waals surface area contributed by atoms with Crippen LogP contribution in [0.4, 0.5) is 8.78 Å². The van der Waals surface area contributed by atoms with Crippen LogP contribution < -0.4 is 0 Å². The van der Waals surface area contributed by atoms with Crippen LogP contribution in [0.5, 0.6) is 0 Å². The second kappa shape index (κ2) is 10.5. The van der Waals surface area contributed by atoms with Crippen molar-refractivity contribution in [2.45, 2.75) is 103 Å². The maximum atomic E-state index is 14.4. The van der Waals surface area contributed by atoms with Gasteiger partial charge in [-0.1, -0.05) is 32.3 Å². The molecule has 0 aliphatic heterocycles. The highest BCUT2D eigenvalue weighted by atomic mass is 19.3. The molecule has 0 aromatic carbocycles. The molecule has 3 aliphatic carbocycles. The van der Waals surface area contributed by atoms with E-state index in [4.69, 9.17) is 4.74 Å². The lowest BCUT2D eigenvalue weighted by atomic mass is 9.69. The van der Waals surface area contributed by atoms with Gasteiger partial charge in [0.05, 0.1) is 6.61 Å². The number of hydrogen-bond acceptors (Lipinski definition) is 1. The normalized spacial score (nSPS) is 37.5. The Hall–Kier alpha value is -0.440. The van der Waals surface area contributed by atoms with Crippen molar-refractivity contribution in [3.63, 3.8) is 0 Å². The van der Waals surface area contributed by atoms with Crippen LogP contribution >= 0.6 is 0 Å². The molecule has 0 spiro atoms. The molecule has 0 radical (unpaired) electrons. The Labute approximate surface area is 171 Å². The summed E-state index contributed by atoms with van der Waals surface area (Å²) in [5.74, 6) is 3.60. The van der Waals surface area contributed by atoms with Crippen LogP contribution in [-0.4, -0.2) is 12.7 Å². The van der Waals surface area contributed by atoms with Crippen LogP contribution in [-0.2, 0) is 4.74 Å². The second-order valence-electron chi connectivity index (χ2n) is 10.1. The highest BCUT2D eigenvalue weighted by Crippen LogP contribution is 2.44. The van der Waals surface area contributed by atoms with E-state index in [1.165, 1.54) is 44.9 Å². The third-order valence-electron chi connectivity index (χ3n) is 8.31. The molecule has 1 nitrogen and oxygen atoms in total. The van der Waals surface area contributed by atoms with Gasteiger partial charge in [0.15, 0.2) is 0 Å². The van der Waals surface area contributed by atoms with Crippen LogP contribution in [0.2, 0.25) is 0 Å². The Kier molecular flexibility index (Phi) is 8.38. The number of alkyl halides is 2. The summed E-state index contributed by atoms with van der Waals surface area (Å²) >= 11 is 0. The van der Waals surface area contributed by atoms with E-state index in [-0.39, 0.29) is 18.9 Å². The first-order chi connectivity index (χ1) is 13.5. The fraction of sp³-hybridized carbons (Fsp3) is 0.920. The first kappa shape index (κ1) is 22.2. The maximum absolute atomic E-state index is 14.4. The summed E-state index contributed by atoms with van der Waals surface area (Å²) in [5.41, 5.74) is 0. The Morgan fingerprint density at radius 3 is 1.82 bits per heavy atom. The van der Waals surface area contributed by atoms with Crippen LogP contribution in [0.15, 0.2) is 12.7 Å². The van der Waals surface area contributed by atoms with Gasteiger partial charge in [-0.05, 0) is 99.7 Å². The highest BCUT2D eigenvalue weighted by molar-refractivity contribution is 4.87. The van der Waals surface area contributed by atoms with Crippen LogP contribution in [0.3, 0.4) is 0 Å². The predicted molar refractivity (Wildman–Crippen MR) is 112 cm³/mol. The topological polar surface area (TPSA) is 9.23 Å². The zero-order valence-electron chi connectivity index (χ0n) is 18.0. The minimum atomic E-state index is -2.93. The van der Waals surface area contributed by atoms with Crippen molar-refractivity contribution in [1.29, 1.82) is 0 Å². The predicted octanol–water partition coefficient (Wildman–Crippen LogP) is 8.00. The lowest BCUT2D eigenvalue weighted by Gasteiger charge is -2.38. The van der Waals surface area contributed by atoms with Gasteiger partial charge in [-0.3, -0.25) is 0 Å². The SMILES string of the molecule is C=CC1CCC(C2CCC(CC(F)(F)OCC3CCC(CC)CC3)CC2)CC1. The lowest BCUT2D eigenvalue weighted by Crippen LogP contribution is -2.31. The molecule has 0 bridgehead atoms. The summed E-state index contributed by atoms with van der Waals surface area (Å²) in [6, 6.07) is 0. The molecule has 0 aromatic rings. The summed E-state index contributed by atoms with van der Waals surface area (Å²) in [5, 5.41) is 0. The summed E-state index contributed by atoms with van der Waals surface area (Å²) < 4.78 is 34.0. The monoisotopic (exact) mass is 396 g/mol. The van der Waals surface area contributed by atoms with Crippen LogP contribution in [0, 0.1) is 35.5 Å². The zero-order chi connectivity index (χ0) is 20.0. The van der Waals surface area contributed by atoms with Gasteiger partial charge in [-0.15, -0.1) is 6.58 Å². The molecule has 3 aliphatic rings. The number of hydrogen-bond donors (Lipinski definition) is 0. The number of allylic oxidation sites excluding steroid dienone is 1. The Balaban J connectivity index is 1.33. The first-order valence-corrected chi connectivity index (χ1v) is 12.1. The van der Waals surface area contributed by atoms with Crippen molar-refractivity contribution in [3.05, 3.63) is 12.7 Å². The third kappa shape index (κ3) is 6.54.